The summed E-state index contributed by atoms with van der Waals surface area (Å²) in [5.41, 5.74) is 0.160. The molecule has 2 nitrogen and oxygen atoms in total. The fourth-order valence-corrected chi connectivity index (χ4v) is 1.34. The van der Waals surface area contributed by atoms with Crippen molar-refractivity contribution < 1.29 is 18.3 Å². The van der Waals surface area contributed by atoms with Crippen molar-refractivity contribution in [3.8, 4) is 0 Å². The fraction of sp³-hybridized carbons (Fsp3) is 0.500. The molecule has 0 aliphatic heterocycles. The average Bonchev–Trinajstić information content (AvgIpc) is 2.28. The number of hydrogen-bond donors (Lipinski definition) is 2. The summed E-state index contributed by atoms with van der Waals surface area (Å²) in [4.78, 5) is 0. The van der Waals surface area contributed by atoms with E-state index in [4.69, 9.17) is 5.11 Å². The summed E-state index contributed by atoms with van der Waals surface area (Å²) in [6, 6.07) is 5.07. The molecule has 0 bridgehead atoms. The molecule has 2 N–H and O–H groups in total. The van der Waals surface area contributed by atoms with E-state index in [1.165, 1.54) is 12.1 Å². The van der Waals surface area contributed by atoms with Gasteiger partial charge >= 0.3 is 6.18 Å². The summed E-state index contributed by atoms with van der Waals surface area (Å²) in [5, 5.41) is 11.9. The van der Waals surface area contributed by atoms with Crippen molar-refractivity contribution in [2.75, 3.05) is 13.2 Å². The molecular weight excluding hydrogens is 231 g/mol. The summed E-state index contributed by atoms with van der Waals surface area (Å²) in [6.45, 7) is 3.12. The zero-order valence-electron chi connectivity index (χ0n) is 9.59. The second kappa shape index (κ2) is 6.02. The molecule has 96 valence electrons. The van der Waals surface area contributed by atoms with Crippen LogP contribution >= 0.6 is 0 Å². The van der Waals surface area contributed by atoms with Crippen LogP contribution in [0.25, 0.3) is 0 Å². The minimum Gasteiger partial charge on any atom is -0.396 e. The van der Waals surface area contributed by atoms with Gasteiger partial charge in [0.2, 0.25) is 0 Å². The van der Waals surface area contributed by atoms with E-state index < -0.39 is 11.7 Å². The highest BCUT2D eigenvalue weighted by atomic mass is 19.4. The third kappa shape index (κ3) is 4.75. The van der Waals surface area contributed by atoms with E-state index >= 15 is 0 Å². The molecule has 0 amide bonds. The topological polar surface area (TPSA) is 32.3 Å². The number of benzene rings is 1. The lowest BCUT2D eigenvalue weighted by Crippen LogP contribution is -2.22. The van der Waals surface area contributed by atoms with E-state index in [0.717, 1.165) is 17.7 Å². The second-order valence-electron chi connectivity index (χ2n) is 4.11. The highest BCUT2D eigenvalue weighted by Gasteiger charge is 2.29. The maximum atomic E-state index is 12.3. The first kappa shape index (κ1) is 14.0. The van der Waals surface area contributed by atoms with Crippen molar-refractivity contribution in [2.24, 2.45) is 5.92 Å². The van der Waals surface area contributed by atoms with Gasteiger partial charge in [-0.05, 0) is 23.6 Å². The molecule has 1 unspecified atom stereocenters. The maximum Gasteiger partial charge on any atom is 0.416 e. The van der Waals surface area contributed by atoms with Gasteiger partial charge in [0.25, 0.3) is 0 Å². The predicted octanol–water partition coefficient (Wildman–Crippen LogP) is 2.42. The summed E-state index contributed by atoms with van der Waals surface area (Å²) in [5.74, 6) is 0.143. The third-order valence-corrected chi connectivity index (χ3v) is 2.41. The van der Waals surface area contributed by atoms with E-state index in [2.05, 4.69) is 5.32 Å². The van der Waals surface area contributed by atoms with Crippen LogP contribution in [-0.4, -0.2) is 18.3 Å². The normalized spacial score (nSPS) is 13.7. The van der Waals surface area contributed by atoms with E-state index in [0.29, 0.717) is 13.1 Å². The monoisotopic (exact) mass is 247 g/mol. The van der Waals surface area contributed by atoms with Gasteiger partial charge in [0, 0.05) is 19.7 Å². The van der Waals surface area contributed by atoms with Crippen molar-refractivity contribution in [3.05, 3.63) is 35.4 Å². The Labute approximate surface area is 98.5 Å². The van der Waals surface area contributed by atoms with Crippen LogP contribution in [0.15, 0.2) is 24.3 Å². The summed E-state index contributed by atoms with van der Waals surface area (Å²) in [6.07, 6.45) is -4.28. The number of alkyl halides is 3. The van der Waals surface area contributed by atoms with E-state index in [1.54, 1.807) is 0 Å². The fourth-order valence-electron chi connectivity index (χ4n) is 1.34. The van der Waals surface area contributed by atoms with Gasteiger partial charge in [-0.3, -0.25) is 0 Å². The molecule has 0 fully saturated rings. The molecule has 0 aliphatic rings. The molecule has 1 atom stereocenters. The van der Waals surface area contributed by atoms with Crippen molar-refractivity contribution in [1.82, 2.24) is 5.32 Å². The second-order valence-corrected chi connectivity index (χ2v) is 4.11. The minimum absolute atomic E-state index is 0.0972. The molecule has 0 spiro atoms. The minimum atomic E-state index is -4.28. The first-order valence-electron chi connectivity index (χ1n) is 5.41. The molecule has 17 heavy (non-hydrogen) atoms. The van der Waals surface area contributed by atoms with Crippen LogP contribution in [0.3, 0.4) is 0 Å². The predicted molar refractivity (Wildman–Crippen MR) is 59.4 cm³/mol. The Hall–Kier alpha value is -1.07. The van der Waals surface area contributed by atoms with Crippen LogP contribution in [0.5, 0.6) is 0 Å². The Morgan fingerprint density at radius 3 is 2.29 bits per heavy atom. The van der Waals surface area contributed by atoms with Crippen molar-refractivity contribution in [2.45, 2.75) is 19.6 Å². The Kier molecular flexibility index (Phi) is 4.96. The molecule has 0 aromatic heterocycles. The number of aliphatic hydroxyl groups excluding tert-OH is 1. The molecule has 0 saturated heterocycles. The number of nitrogens with one attached hydrogen (secondary N) is 1. The van der Waals surface area contributed by atoms with Gasteiger partial charge in [-0.25, -0.2) is 0 Å². The molecular formula is C12H16F3NO. The maximum absolute atomic E-state index is 12.3. The van der Waals surface area contributed by atoms with Gasteiger partial charge in [-0.2, -0.15) is 13.2 Å². The number of hydrogen-bond acceptors (Lipinski definition) is 2. The zero-order chi connectivity index (χ0) is 12.9. The van der Waals surface area contributed by atoms with Gasteiger partial charge in [-0.1, -0.05) is 19.1 Å². The summed E-state index contributed by atoms with van der Waals surface area (Å²) in [7, 11) is 0. The Balaban J connectivity index is 2.46. The molecule has 0 radical (unpaired) electrons. The highest BCUT2D eigenvalue weighted by molar-refractivity contribution is 5.24. The quantitative estimate of drug-likeness (QED) is 0.837. The third-order valence-electron chi connectivity index (χ3n) is 2.41. The lowest BCUT2D eigenvalue weighted by Gasteiger charge is -2.10. The van der Waals surface area contributed by atoms with Crippen LogP contribution in [0.4, 0.5) is 13.2 Å². The van der Waals surface area contributed by atoms with Gasteiger partial charge in [-0.15, -0.1) is 0 Å². The van der Waals surface area contributed by atoms with Crippen LogP contribution < -0.4 is 5.32 Å². The molecule has 1 aromatic rings. The van der Waals surface area contributed by atoms with E-state index in [1.807, 2.05) is 6.92 Å². The van der Waals surface area contributed by atoms with E-state index in [-0.39, 0.29) is 12.5 Å². The summed E-state index contributed by atoms with van der Waals surface area (Å²) >= 11 is 0. The molecule has 5 heteroatoms. The van der Waals surface area contributed by atoms with Gasteiger partial charge in [0.05, 0.1) is 5.56 Å². The number of halogens is 3. The lowest BCUT2D eigenvalue weighted by molar-refractivity contribution is -0.137. The molecule has 0 aliphatic carbocycles. The standard InChI is InChI=1S/C12H16F3NO/c1-9(8-17)6-16-7-10-2-4-11(5-3-10)12(13,14)15/h2-5,9,16-17H,6-8H2,1H3. The first-order chi connectivity index (χ1) is 7.93. The molecule has 1 aromatic carbocycles. The SMILES string of the molecule is CC(CO)CNCc1ccc(C(F)(F)F)cc1. The van der Waals surface area contributed by atoms with Crippen LogP contribution in [0, 0.1) is 5.92 Å². The van der Waals surface area contributed by atoms with Crippen LogP contribution in [0.2, 0.25) is 0 Å². The van der Waals surface area contributed by atoms with Crippen molar-refractivity contribution >= 4 is 0 Å². The zero-order valence-corrected chi connectivity index (χ0v) is 9.59. The number of aliphatic hydroxyl groups is 1. The van der Waals surface area contributed by atoms with Crippen LogP contribution in [-0.2, 0) is 12.7 Å². The highest BCUT2D eigenvalue weighted by Crippen LogP contribution is 2.28. The smallest absolute Gasteiger partial charge is 0.396 e. The van der Waals surface area contributed by atoms with Crippen molar-refractivity contribution in [3.63, 3.8) is 0 Å². The van der Waals surface area contributed by atoms with Crippen LogP contribution in [0.1, 0.15) is 18.1 Å². The Morgan fingerprint density at radius 1 is 1.24 bits per heavy atom. The largest absolute Gasteiger partial charge is 0.416 e. The van der Waals surface area contributed by atoms with Gasteiger partial charge in [0.1, 0.15) is 0 Å². The van der Waals surface area contributed by atoms with Gasteiger partial charge in [0.15, 0.2) is 0 Å². The number of rotatable bonds is 5. The van der Waals surface area contributed by atoms with E-state index in [9.17, 15) is 13.2 Å². The lowest BCUT2D eigenvalue weighted by atomic mass is 10.1. The molecule has 0 saturated carbocycles. The molecule has 0 heterocycles. The first-order valence-corrected chi connectivity index (χ1v) is 5.41. The molecule has 1 rings (SSSR count). The Bertz CT molecular complexity index is 335. The van der Waals surface area contributed by atoms with Crippen molar-refractivity contribution in [1.29, 1.82) is 0 Å². The summed E-state index contributed by atoms with van der Waals surface area (Å²) < 4.78 is 36.8. The van der Waals surface area contributed by atoms with Gasteiger partial charge < -0.3 is 10.4 Å². The average molecular weight is 247 g/mol. The Morgan fingerprint density at radius 2 is 1.82 bits per heavy atom.